The zero-order valence-electron chi connectivity index (χ0n) is 11.1. The smallest absolute Gasteiger partial charge is 0.00625 e. The van der Waals surface area contributed by atoms with Crippen molar-refractivity contribution in [2.24, 2.45) is 22.7 Å². The van der Waals surface area contributed by atoms with Gasteiger partial charge in [0.05, 0.1) is 0 Å². The Hall–Kier alpha value is -0.260. The second kappa shape index (κ2) is 3.37. The van der Waals surface area contributed by atoms with Crippen molar-refractivity contribution in [3.63, 3.8) is 0 Å². The Labute approximate surface area is 95.1 Å². The minimum atomic E-state index is 0.483. The average molecular weight is 206 g/mol. The van der Waals surface area contributed by atoms with Gasteiger partial charge in [-0.15, -0.1) is 0 Å². The van der Waals surface area contributed by atoms with Gasteiger partial charge in [0.1, 0.15) is 0 Å². The first-order valence-corrected chi connectivity index (χ1v) is 6.59. The molecule has 0 aliphatic heterocycles. The van der Waals surface area contributed by atoms with Gasteiger partial charge in [-0.05, 0) is 55.3 Å². The van der Waals surface area contributed by atoms with Crippen molar-refractivity contribution in [1.29, 1.82) is 0 Å². The molecule has 0 aromatic carbocycles. The van der Waals surface area contributed by atoms with Crippen molar-refractivity contribution >= 4 is 0 Å². The van der Waals surface area contributed by atoms with Crippen molar-refractivity contribution in [3.05, 3.63) is 11.6 Å². The lowest BCUT2D eigenvalue weighted by atomic mass is 9.46. The molecule has 0 aromatic rings. The summed E-state index contributed by atoms with van der Waals surface area (Å²) in [7, 11) is 0. The highest BCUT2D eigenvalue weighted by Gasteiger charge is 2.53. The number of allylic oxidation sites excluding steroid dienone is 2. The molecule has 0 aromatic heterocycles. The van der Waals surface area contributed by atoms with Crippen molar-refractivity contribution in [3.8, 4) is 0 Å². The Morgan fingerprint density at radius 3 is 2.53 bits per heavy atom. The van der Waals surface area contributed by atoms with E-state index in [1.807, 2.05) is 0 Å². The van der Waals surface area contributed by atoms with E-state index >= 15 is 0 Å². The Kier molecular flexibility index (Phi) is 2.52. The van der Waals surface area contributed by atoms with Crippen molar-refractivity contribution in [2.75, 3.05) is 0 Å². The van der Waals surface area contributed by atoms with Crippen LogP contribution in [0.15, 0.2) is 11.6 Å². The summed E-state index contributed by atoms with van der Waals surface area (Å²) in [6, 6.07) is 0. The van der Waals surface area contributed by atoms with E-state index in [1.165, 1.54) is 25.7 Å². The summed E-state index contributed by atoms with van der Waals surface area (Å²) in [6.07, 6.45) is 8.00. The molecule has 0 heterocycles. The maximum atomic E-state index is 2.55. The van der Waals surface area contributed by atoms with Gasteiger partial charge in [-0.2, -0.15) is 0 Å². The van der Waals surface area contributed by atoms with E-state index in [2.05, 4.69) is 40.7 Å². The van der Waals surface area contributed by atoms with Gasteiger partial charge in [-0.1, -0.05) is 39.3 Å². The van der Waals surface area contributed by atoms with Crippen LogP contribution in [0.3, 0.4) is 0 Å². The van der Waals surface area contributed by atoms with E-state index in [4.69, 9.17) is 0 Å². The van der Waals surface area contributed by atoms with Gasteiger partial charge in [0.25, 0.3) is 0 Å². The molecule has 0 saturated heterocycles. The number of fused-ring (bicyclic) bond motifs is 1. The third-order valence-electron chi connectivity index (χ3n) is 6.20. The average Bonchev–Trinajstić information content (AvgIpc) is 2.20. The predicted molar refractivity (Wildman–Crippen MR) is 66.8 cm³/mol. The van der Waals surface area contributed by atoms with Crippen LogP contribution in [-0.2, 0) is 0 Å². The Morgan fingerprint density at radius 2 is 1.87 bits per heavy atom. The Morgan fingerprint density at radius 1 is 1.20 bits per heavy atom. The van der Waals surface area contributed by atoms with Crippen LogP contribution in [0.25, 0.3) is 0 Å². The molecule has 4 atom stereocenters. The van der Waals surface area contributed by atoms with Crippen molar-refractivity contribution in [1.82, 2.24) is 0 Å². The molecule has 0 heteroatoms. The fourth-order valence-corrected chi connectivity index (χ4v) is 4.15. The summed E-state index contributed by atoms with van der Waals surface area (Å²) in [5.74, 6) is 1.79. The third kappa shape index (κ3) is 1.33. The summed E-state index contributed by atoms with van der Waals surface area (Å²) in [5, 5.41) is 0. The largest absolute Gasteiger partial charge is 0.0850 e. The SMILES string of the molecule is CC1=CCCC2(C)C(C)C(C)CC[C@]12C. The van der Waals surface area contributed by atoms with E-state index in [9.17, 15) is 0 Å². The quantitative estimate of drug-likeness (QED) is 0.499. The molecule has 1 fully saturated rings. The maximum absolute atomic E-state index is 2.55. The lowest BCUT2D eigenvalue weighted by Crippen LogP contribution is -2.50. The number of hydrogen-bond donors (Lipinski definition) is 0. The van der Waals surface area contributed by atoms with Crippen LogP contribution in [0.4, 0.5) is 0 Å². The van der Waals surface area contributed by atoms with Gasteiger partial charge in [0.15, 0.2) is 0 Å². The zero-order valence-corrected chi connectivity index (χ0v) is 11.1. The van der Waals surface area contributed by atoms with E-state index in [0.717, 1.165) is 11.8 Å². The van der Waals surface area contributed by atoms with Crippen LogP contribution in [0.2, 0.25) is 0 Å². The third-order valence-corrected chi connectivity index (χ3v) is 6.20. The molecule has 0 radical (unpaired) electrons. The van der Waals surface area contributed by atoms with Crippen LogP contribution in [-0.4, -0.2) is 0 Å². The first kappa shape index (κ1) is 11.2. The summed E-state index contributed by atoms with van der Waals surface area (Å²) in [4.78, 5) is 0. The molecule has 0 nitrogen and oxygen atoms in total. The van der Waals surface area contributed by atoms with E-state index < -0.39 is 0 Å². The van der Waals surface area contributed by atoms with Gasteiger partial charge in [0, 0.05) is 0 Å². The first-order chi connectivity index (χ1) is 6.92. The molecule has 0 spiro atoms. The maximum Gasteiger partial charge on any atom is -0.00625 e. The molecule has 2 aliphatic carbocycles. The van der Waals surface area contributed by atoms with Crippen LogP contribution < -0.4 is 0 Å². The molecule has 0 amide bonds. The van der Waals surface area contributed by atoms with Crippen LogP contribution in [0.5, 0.6) is 0 Å². The summed E-state index contributed by atoms with van der Waals surface area (Å²) in [5.41, 5.74) is 2.69. The van der Waals surface area contributed by atoms with E-state index in [1.54, 1.807) is 5.57 Å². The Balaban J connectivity index is 2.43. The van der Waals surface area contributed by atoms with Gasteiger partial charge in [-0.3, -0.25) is 0 Å². The van der Waals surface area contributed by atoms with Crippen LogP contribution >= 0.6 is 0 Å². The van der Waals surface area contributed by atoms with Gasteiger partial charge in [0.2, 0.25) is 0 Å². The highest BCUT2D eigenvalue weighted by molar-refractivity contribution is 5.22. The minimum Gasteiger partial charge on any atom is -0.0850 e. The van der Waals surface area contributed by atoms with E-state index in [-0.39, 0.29) is 0 Å². The minimum absolute atomic E-state index is 0.483. The monoisotopic (exact) mass is 206 g/mol. The number of rotatable bonds is 0. The predicted octanol–water partition coefficient (Wildman–Crippen LogP) is 4.81. The topological polar surface area (TPSA) is 0 Å². The van der Waals surface area contributed by atoms with Gasteiger partial charge in [-0.25, -0.2) is 0 Å². The molecular weight excluding hydrogens is 180 g/mol. The number of hydrogen-bond acceptors (Lipinski definition) is 0. The molecule has 86 valence electrons. The fraction of sp³-hybridized carbons (Fsp3) is 0.867. The molecular formula is C15H26. The van der Waals surface area contributed by atoms with Crippen molar-refractivity contribution in [2.45, 2.75) is 60.3 Å². The zero-order chi connectivity index (χ0) is 11.3. The highest BCUT2D eigenvalue weighted by atomic mass is 14.6. The molecule has 0 bridgehead atoms. The molecule has 2 rings (SSSR count). The Bertz CT molecular complexity index is 288. The first-order valence-electron chi connectivity index (χ1n) is 6.59. The second-order valence-electron chi connectivity index (χ2n) is 6.48. The second-order valence-corrected chi connectivity index (χ2v) is 6.48. The molecule has 2 aliphatic rings. The molecule has 1 saturated carbocycles. The highest BCUT2D eigenvalue weighted by Crippen LogP contribution is 2.62. The van der Waals surface area contributed by atoms with Gasteiger partial charge < -0.3 is 0 Å². The van der Waals surface area contributed by atoms with Crippen molar-refractivity contribution < 1.29 is 0 Å². The normalized spacial score (nSPS) is 50.9. The lowest BCUT2D eigenvalue weighted by Gasteiger charge is -2.59. The molecule has 15 heavy (non-hydrogen) atoms. The van der Waals surface area contributed by atoms with E-state index in [0.29, 0.717) is 10.8 Å². The standard InChI is InChI=1S/C15H26/c1-11-8-10-14(4)12(2)7-6-9-15(14,5)13(11)3/h7,11,13H,6,8-10H2,1-5H3/t11?,13?,14-,15?/m1/s1. The lowest BCUT2D eigenvalue weighted by molar-refractivity contribution is -0.0471. The fourth-order valence-electron chi connectivity index (χ4n) is 4.15. The van der Waals surface area contributed by atoms with Crippen LogP contribution in [0, 0.1) is 22.7 Å². The summed E-state index contributed by atoms with van der Waals surface area (Å²) < 4.78 is 0. The van der Waals surface area contributed by atoms with Gasteiger partial charge >= 0.3 is 0 Å². The van der Waals surface area contributed by atoms with Crippen LogP contribution in [0.1, 0.15) is 60.3 Å². The molecule has 0 N–H and O–H groups in total. The summed E-state index contributed by atoms with van der Waals surface area (Å²) in [6.45, 7) is 12.4. The molecule has 3 unspecified atom stereocenters. The summed E-state index contributed by atoms with van der Waals surface area (Å²) >= 11 is 0.